The van der Waals surface area contributed by atoms with Gasteiger partial charge in [0.2, 0.25) is 0 Å². The molecule has 0 amide bonds. The van der Waals surface area contributed by atoms with E-state index in [4.69, 9.17) is 5.21 Å². The lowest BCUT2D eigenvalue weighted by molar-refractivity contribution is 0.214. The van der Waals surface area contributed by atoms with Crippen LogP contribution in [0, 0.1) is 13.8 Å². The molecular formula is C17H19N3O. The van der Waals surface area contributed by atoms with Crippen molar-refractivity contribution in [1.82, 2.24) is 5.48 Å². The van der Waals surface area contributed by atoms with Gasteiger partial charge in [0.05, 0.1) is 17.6 Å². The molecule has 0 radical (unpaired) electrons. The van der Waals surface area contributed by atoms with Crippen LogP contribution in [0.25, 0.3) is 0 Å². The largest absolute Gasteiger partial charge is 0.353 e. The summed E-state index contributed by atoms with van der Waals surface area (Å²) < 4.78 is 0. The van der Waals surface area contributed by atoms with Crippen molar-refractivity contribution in [3.05, 3.63) is 71.6 Å². The van der Waals surface area contributed by atoms with Crippen molar-refractivity contribution in [3.8, 4) is 0 Å². The summed E-state index contributed by atoms with van der Waals surface area (Å²) in [6, 6.07) is 15.9. The maximum absolute atomic E-state index is 8.86. The highest BCUT2D eigenvalue weighted by Crippen LogP contribution is 2.14. The fourth-order valence-corrected chi connectivity index (χ4v) is 1.75. The highest BCUT2D eigenvalue weighted by atomic mass is 16.5. The molecule has 0 aliphatic carbocycles. The van der Waals surface area contributed by atoms with Gasteiger partial charge in [-0.2, -0.15) is 0 Å². The first-order valence-corrected chi connectivity index (χ1v) is 6.71. The van der Waals surface area contributed by atoms with Crippen LogP contribution in [0.5, 0.6) is 0 Å². The molecule has 0 bridgehead atoms. The molecule has 4 nitrogen and oxygen atoms in total. The molecule has 4 heteroatoms. The van der Waals surface area contributed by atoms with Gasteiger partial charge in [-0.3, -0.25) is 15.7 Å². The van der Waals surface area contributed by atoms with Gasteiger partial charge in [0, 0.05) is 11.9 Å². The fraction of sp³-hybridized carbons (Fsp3) is 0.118. The summed E-state index contributed by atoms with van der Waals surface area (Å²) in [5.74, 6) is 0. The third-order valence-corrected chi connectivity index (χ3v) is 2.95. The maximum atomic E-state index is 8.86. The quantitative estimate of drug-likeness (QED) is 0.575. The maximum Gasteiger partial charge on any atom is 0.0754 e. The molecule has 2 aromatic rings. The second-order valence-electron chi connectivity index (χ2n) is 4.81. The lowest BCUT2D eigenvalue weighted by Crippen LogP contribution is -2.06. The zero-order valence-electron chi connectivity index (χ0n) is 12.2. The molecule has 108 valence electrons. The van der Waals surface area contributed by atoms with Crippen LogP contribution in [0.1, 0.15) is 11.1 Å². The Balaban J connectivity index is 2.10. The Morgan fingerprint density at radius 3 is 2.10 bits per heavy atom. The molecule has 0 spiro atoms. The van der Waals surface area contributed by atoms with Crippen LogP contribution in [-0.2, 0) is 0 Å². The number of rotatable bonds is 5. The van der Waals surface area contributed by atoms with E-state index in [2.05, 4.69) is 10.3 Å². The first kappa shape index (κ1) is 14.8. The van der Waals surface area contributed by atoms with Crippen molar-refractivity contribution in [3.63, 3.8) is 0 Å². The fourth-order valence-electron chi connectivity index (χ4n) is 1.75. The minimum Gasteiger partial charge on any atom is -0.353 e. The molecule has 0 saturated carbocycles. The Bertz CT molecular complexity index is 628. The third-order valence-electron chi connectivity index (χ3n) is 2.95. The minimum absolute atomic E-state index is 0.655. The Morgan fingerprint density at radius 2 is 1.52 bits per heavy atom. The summed E-state index contributed by atoms with van der Waals surface area (Å²) >= 11 is 0. The van der Waals surface area contributed by atoms with E-state index in [-0.39, 0.29) is 0 Å². The van der Waals surface area contributed by atoms with Crippen LogP contribution >= 0.6 is 0 Å². The molecule has 0 unspecified atom stereocenters. The van der Waals surface area contributed by atoms with Crippen LogP contribution in [-0.4, -0.2) is 11.4 Å². The summed E-state index contributed by atoms with van der Waals surface area (Å²) in [5.41, 5.74) is 6.86. The van der Waals surface area contributed by atoms with Gasteiger partial charge in [-0.05, 0) is 38.1 Å². The predicted octanol–water partition coefficient (Wildman–Crippen LogP) is 3.94. The number of hydrogen-bond acceptors (Lipinski definition) is 4. The van der Waals surface area contributed by atoms with Gasteiger partial charge >= 0.3 is 0 Å². The minimum atomic E-state index is 0.655. The highest BCUT2D eigenvalue weighted by molar-refractivity contribution is 5.84. The molecule has 0 heterocycles. The average Bonchev–Trinajstić information content (AvgIpc) is 2.49. The molecule has 0 aliphatic rings. The van der Waals surface area contributed by atoms with Crippen LogP contribution in [0.2, 0.25) is 0 Å². The molecule has 0 atom stereocenters. The van der Waals surface area contributed by atoms with Crippen LogP contribution in [0.3, 0.4) is 0 Å². The second kappa shape index (κ2) is 7.26. The van der Waals surface area contributed by atoms with Crippen molar-refractivity contribution in [2.75, 3.05) is 5.32 Å². The van der Waals surface area contributed by atoms with Gasteiger partial charge < -0.3 is 5.32 Å². The number of aliphatic imine (C=N–C) groups is 1. The number of nitrogens with zero attached hydrogens (tertiary/aromatic N) is 1. The molecule has 0 aliphatic heterocycles. The van der Waals surface area contributed by atoms with Crippen molar-refractivity contribution in [2.24, 2.45) is 4.99 Å². The third kappa shape index (κ3) is 4.78. The monoisotopic (exact) mass is 281 g/mol. The number of allylic oxidation sites excluding steroid dienone is 1. The Labute approximate surface area is 124 Å². The first-order chi connectivity index (χ1) is 10.2. The summed E-state index contributed by atoms with van der Waals surface area (Å²) in [4.78, 5) is 4.37. The Kier molecular flexibility index (Phi) is 5.12. The molecule has 2 rings (SSSR count). The van der Waals surface area contributed by atoms with Gasteiger partial charge in [0.15, 0.2) is 0 Å². The molecule has 0 aromatic heterocycles. The van der Waals surface area contributed by atoms with Crippen molar-refractivity contribution >= 4 is 17.6 Å². The van der Waals surface area contributed by atoms with E-state index in [9.17, 15) is 0 Å². The molecule has 0 fully saturated rings. The van der Waals surface area contributed by atoms with Crippen LogP contribution in [0.15, 0.2) is 65.4 Å². The van der Waals surface area contributed by atoms with Gasteiger partial charge in [-0.15, -0.1) is 0 Å². The van der Waals surface area contributed by atoms with Crippen molar-refractivity contribution in [2.45, 2.75) is 13.8 Å². The number of benzene rings is 2. The average molecular weight is 281 g/mol. The standard InChI is InChI=1S/C17H19N3O/c1-13-3-7-15(8-4-13)18-11-17(12-19-21)20-16-9-5-14(2)6-10-16/h3-12,19-21H,1-2H3/b17-12-,18-11?. The molecule has 2 aromatic carbocycles. The van der Waals surface area contributed by atoms with E-state index < -0.39 is 0 Å². The first-order valence-electron chi connectivity index (χ1n) is 6.71. The van der Waals surface area contributed by atoms with Crippen LogP contribution < -0.4 is 10.8 Å². The molecule has 21 heavy (non-hydrogen) atoms. The molecule has 0 saturated heterocycles. The number of hydroxylamine groups is 1. The number of aryl methyl sites for hydroxylation is 2. The number of hydrogen-bond donors (Lipinski definition) is 3. The lowest BCUT2D eigenvalue weighted by atomic mass is 10.2. The predicted molar refractivity (Wildman–Crippen MR) is 87.1 cm³/mol. The number of anilines is 1. The van der Waals surface area contributed by atoms with Crippen molar-refractivity contribution in [1.29, 1.82) is 0 Å². The summed E-state index contributed by atoms with van der Waals surface area (Å²) in [5, 5.41) is 12.0. The van der Waals surface area contributed by atoms with Crippen molar-refractivity contribution < 1.29 is 5.21 Å². The molecular weight excluding hydrogens is 262 g/mol. The summed E-state index contributed by atoms with van der Waals surface area (Å²) in [7, 11) is 0. The van der Waals surface area contributed by atoms with E-state index in [1.807, 2.05) is 67.9 Å². The van der Waals surface area contributed by atoms with E-state index in [0.717, 1.165) is 11.4 Å². The highest BCUT2D eigenvalue weighted by Gasteiger charge is 1.96. The lowest BCUT2D eigenvalue weighted by Gasteiger charge is -2.07. The van der Waals surface area contributed by atoms with Crippen LogP contribution in [0.4, 0.5) is 11.4 Å². The Morgan fingerprint density at radius 1 is 0.952 bits per heavy atom. The summed E-state index contributed by atoms with van der Waals surface area (Å²) in [6.45, 7) is 4.07. The smallest absolute Gasteiger partial charge is 0.0754 e. The van der Waals surface area contributed by atoms with E-state index >= 15 is 0 Å². The van der Waals surface area contributed by atoms with E-state index in [1.165, 1.54) is 17.3 Å². The Hall–Kier alpha value is -2.59. The number of nitrogens with one attached hydrogen (secondary N) is 2. The zero-order chi connectivity index (χ0) is 15.1. The second-order valence-corrected chi connectivity index (χ2v) is 4.81. The normalized spacial score (nSPS) is 11.7. The SMILES string of the molecule is Cc1ccc(N=C/C(=C/NO)Nc2ccc(C)cc2)cc1. The van der Waals surface area contributed by atoms with Gasteiger partial charge in [0.25, 0.3) is 0 Å². The van der Waals surface area contributed by atoms with E-state index in [1.54, 1.807) is 6.21 Å². The molecule has 3 N–H and O–H groups in total. The van der Waals surface area contributed by atoms with Gasteiger partial charge in [0.1, 0.15) is 0 Å². The van der Waals surface area contributed by atoms with E-state index in [0.29, 0.717) is 5.70 Å². The van der Waals surface area contributed by atoms with Gasteiger partial charge in [-0.25, -0.2) is 0 Å². The summed E-state index contributed by atoms with van der Waals surface area (Å²) in [6.07, 6.45) is 3.10. The zero-order valence-corrected chi connectivity index (χ0v) is 12.2. The van der Waals surface area contributed by atoms with Gasteiger partial charge in [-0.1, -0.05) is 35.4 Å². The topological polar surface area (TPSA) is 56.7 Å².